The van der Waals surface area contributed by atoms with Crippen LogP contribution in [0.15, 0.2) is 53.4 Å². The molecule has 1 heterocycles. The van der Waals surface area contributed by atoms with Gasteiger partial charge in [-0.2, -0.15) is 4.31 Å². The van der Waals surface area contributed by atoms with E-state index in [4.69, 9.17) is 4.74 Å². The summed E-state index contributed by atoms with van der Waals surface area (Å²) in [5.41, 5.74) is 2.08. The molecule has 150 valence electrons. The monoisotopic (exact) mass is 402 g/mol. The molecule has 2 aromatic carbocycles. The van der Waals surface area contributed by atoms with E-state index in [1.54, 1.807) is 25.1 Å². The summed E-state index contributed by atoms with van der Waals surface area (Å²) < 4.78 is 32.7. The Morgan fingerprint density at radius 1 is 1.14 bits per heavy atom. The van der Waals surface area contributed by atoms with Gasteiger partial charge in [-0.15, -0.1) is 0 Å². The zero-order chi connectivity index (χ0) is 20.1. The molecule has 2 aromatic rings. The molecule has 0 aliphatic carbocycles. The second-order valence-corrected chi connectivity index (χ2v) is 8.76. The van der Waals surface area contributed by atoms with Crippen LogP contribution in [0, 0.1) is 6.92 Å². The summed E-state index contributed by atoms with van der Waals surface area (Å²) in [4.78, 5) is 13.0. The number of benzene rings is 2. The van der Waals surface area contributed by atoms with Crippen LogP contribution in [0.25, 0.3) is 0 Å². The Labute approximate surface area is 166 Å². The third-order valence-corrected chi connectivity index (χ3v) is 7.01. The molecule has 0 unspecified atom stereocenters. The number of carbonyl (C=O) groups is 1. The maximum atomic E-state index is 13.0. The van der Waals surface area contributed by atoms with Crippen molar-refractivity contribution in [3.8, 4) is 0 Å². The van der Waals surface area contributed by atoms with Crippen LogP contribution in [0.2, 0.25) is 0 Å². The first-order chi connectivity index (χ1) is 13.4. The van der Waals surface area contributed by atoms with Crippen molar-refractivity contribution in [2.24, 2.45) is 0 Å². The summed E-state index contributed by atoms with van der Waals surface area (Å²) in [6.45, 7) is 5.18. The third-order valence-electron chi connectivity index (χ3n) is 4.97. The fourth-order valence-electron chi connectivity index (χ4n) is 3.37. The molecule has 1 saturated heterocycles. The van der Waals surface area contributed by atoms with Crippen molar-refractivity contribution in [2.45, 2.75) is 31.1 Å². The van der Waals surface area contributed by atoms with Crippen molar-refractivity contribution < 1.29 is 17.9 Å². The van der Waals surface area contributed by atoms with E-state index >= 15 is 0 Å². The van der Waals surface area contributed by atoms with Gasteiger partial charge in [0.05, 0.1) is 24.0 Å². The predicted molar refractivity (Wildman–Crippen MR) is 109 cm³/mol. The smallest absolute Gasteiger partial charge is 0.243 e. The first kappa shape index (κ1) is 20.5. The number of sulfonamides is 1. The third kappa shape index (κ3) is 4.43. The highest BCUT2D eigenvalue weighted by Crippen LogP contribution is 2.26. The molecule has 3 rings (SSSR count). The number of carbonyl (C=O) groups excluding carboxylic acids is 1. The Balaban J connectivity index is 1.84. The summed E-state index contributed by atoms with van der Waals surface area (Å²) in [7, 11) is -3.63. The van der Waals surface area contributed by atoms with E-state index < -0.39 is 10.0 Å². The molecule has 1 N–H and O–H groups in total. The van der Waals surface area contributed by atoms with E-state index in [1.165, 1.54) is 4.31 Å². The van der Waals surface area contributed by atoms with Gasteiger partial charge in [0.2, 0.25) is 15.9 Å². The fourth-order valence-corrected chi connectivity index (χ4v) is 5.03. The standard InChI is InChI=1S/C21H26N2O4S/c1-3-19(17-7-5-4-6-8-17)21(24)22-18-10-9-16(2)20(15-18)28(25,26)23-11-13-27-14-12-23/h4-10,15,19H,3,11-14H2,1-2H3,(H,22,24)/t19-/m1/s1. The molecule has 1 aliphatic heterocycles. The number of morpholine rings is 1. The average Bonchev–Trinajstić information content (AvgIpc) is 2.71. The number of hydrogen-bond acceptors (Lipinski definition) is 4. The van der Waals surface area contributed by atoms with Crippen molar-refractivity contribution >= 4 is 21.6 Å². The van der Waals surface area contributed by atoms with Crippen LogP contribution in [0.1, 0.15) is 30.4 Å². The molecule has 1 aliphatic rings. The second-order valence-electron chi connectivity index (χ2n) is 6.86. The summed E-state index contributed by atoms with van der Waals surface area (Å²) in [6.07, 6.45) is 0.653. The van der Waals surface area contributed by atoms with E-state index in [-0.39, 0.29) is 16.7 Å². The van der Waals surface area contributed by atoms with Gasteiger partial charge in [-0.1, -0.05) is 43.3 Å². The highest BCUT2D eigenvalue weighted by atomic mass is 32.2. The van der Waals surface area contributed by atoms with Crippen molar-refractivity contribution in [2.75, 3.05) is 31.6 Å². The second kappa shape index (κ2) is 8.86. The topological polar surface area (TPSA) is 75.7 Å². The van der Waals surface area contributed by atoms with Gasteiger partial charge >= 0.3 is 0 Å². The summed E-state index contributed by atoms with van der Waals surface area (Å²) >= 11 is 0. The highest BCUT2D eigenvalue weighted by Gasteiger charge is 2.28. The first-order valence-corrected chi connectivity index (χ1v) is 10.9. The van der Waals surface area contributed by atoms with Gasteiger partial charge in [-0.05, 0) is 36.6 Å². The van der Waals surface area contributed by atoms with Crippen molar-refractivity contribution in [3.05, 3.63) is 59.7 Å². The van der Waals surface area contributed by atoms with Crippen molar-refractivity contribution in [3.63, 3.8) is 0 Å². The maximum absolute atomic E-state index is 13.0. The Bertz CT molecular complexity index is 923. The summed E-state index contributed by atoms with van der Waals surface area (Å²) in [6, 6.07) is 14.6. The van der Waals surface area contributed by atoms with Gasteiger partial charge in [-0.3, -0.25) is 4.79 Å². The fraction of sp³-hybridized carbons (Fsp3) is 0.381. The Kier molecular flexibility index (Phi) is 6.49. The first-order valence-electron chi connectivity index (χ1n) is 9.48. The van der Waals surface area contributed by atoms with E-state index in [0.29, 0.717) is 44.0 Å². The van der Waals surface area contributed by atoms with Crippen LogP contribution < -0.4 is 5.32 Å². The van der Waals surface area contributed by atoms with Crippen LogP contribution in [-0.4, -0.2) is 44.9 Å². The van der Waals surface area contributed by atoms with Gasteiger partial charge in [-0.25, -0.2) is 8.42 Å². The average molecular weight is 403 g/mol. The predicted octanol–water partition coefficient (Wildman–Crippen LogP) is 3.15. The van der Waals surface area contributed by atoms with E-state index in [0.717, 1.165) is 5.56 Å². The maximum Gasteiger partial charge on any atom is 0.243 e. The van der Waals surface area contributed by atoms with Crippen LogP contribution in [-0.2, 0) is 19.6 Å². The number of amides is 1. The number of hydrogen-bond donors (Lipinski definition) is 1. The Morgan fingerprint density at radius 2 is 1.82 bits per heavy atom. The zero-order valence-corrected chi connectivity index (χ0v) is 17.0. The summed E-state index contributed by atoms with van der Waals surface area (Å²) in [5, 5.41) is 2.89. The van der Waals surface area contributed by atoms with Crippen LogP contribution >= 0.6 is 0 Å². The minimum Gasteiger partial charge on any atom is -0.379 e. The van der Waals surface area contributed by atoms with Crippen molar-refractivity contribution in [1.29, 1.82) is 0 Å². The van der Waals surface area contributed by atoms with Gasteiger partial charge in [0.25, 0.3) is 0 Å². The number of rotatable bonds is 6. The normalized spacial score (nSPS) is 16.5. The highest BCUT2D eigenvalue weighted by molar-refractivity contribution is 7.89. The molecule has 28 heavy (non-hydrogen) atoms. The van der Waals surface area contributed by atoms with Crippen molar-refractivity contribution in [1.82, 2.24) is 4.31 Å². The van der Waals surface area contributed by atoms with Gasteiger partial charge in [0.1, 0.15) is 0 Å². The Morgan fingerprint density at radius 3 is 2.46 bits per heavy atom. The largest absolute Gasteiger partial charge is 0.379 e. The zero-order valence-electron chi connectivity index (χ0n) is 16.2. The molecule has 0 bridgehead atoms. The lowest BCUT2D eigenvalue weighted by Gasteiger charge is -2.27. The number of nitrogens with zero attached hydrogens (tertiary/aromatic N) is 1. The summed E-state index contributed by atoms with van der Waals surface area (Å²) in [5.74, 6) is -0.436. The molecule has 0 aromatic heterocycles. The molecular weight excluding hydrogens is 376 g/mol. The molecule has 1 amide bonds. The molecule has 0 spiro atoms. The van der Waals surface area contributed by atoms with Gasteiger partial charge < -0.3 is 10.1 Å². The van der Waals surface area contributed by atoms with E-state index in [1.807, 2.05) is 37.3 Å². The molecule has 0 radical (unpaired) electrons. The lowest BCUT2D eigenvalue weighted by atomic mass is 9.95. The molecule has 6 nitrogen and oxygen atoms in total. The number of anilines is 1. The molecule has 1 atom stereocenters. The molecule has 1 fully saturated rings. The lowest BCUT2D eigenvalue weighted by molar-refractivity contribution is -0.117. The molecule has 7 heteroatoms. The van der Waals surface area contributed by atoms with E-state index in [9.17, 15) is 13.2 Å². The number of nitrogens with one attached hydrogen (secondary N) is 1. The molecule has 0 saturated carbocycles. The van der Waals surface area contributed by atoms with E-state index in [2.05, 4.69) is 5.32 Å². The van der Waals surface area contributed by atoms with Gasteiger partial charge in [0.15, 0.2) is 0 Å². The number of aryl methyl sites for hydroxylation is 1. The van der Waals surface area contributed by atoms with Crippen LogP contribution in [0.5, 0.6) is 0 Å². The minimum atomic E-state index is -3.63. The van der Waals surface area contributed by atoms with Crippen LogP contribution in [0.4, 0.5) is 5.69 Å². The minimum absolute atomic E-state index is 0.146. The Hall–Kier alpha value is -2.22. The lowest BCUT2D eigenvalue weighted by Crippen LogP contribution is -2.40. The number of ether oxygens (including phenoxy) is 1. The van der Waals surface area contributed by atoms with Crippen LogP contribution in [0.3, 0.4) is 0 Å². The quantitative estimate of drug-likeness (QED) is 0.805. The van der Waals surface area contributed by atoms with Gasteiger partial charge in [0, 0.05) is 18.8 Å². The molecular formula is C21H26N2O4S. The SMILES string of the molecule is CC[C@@H](C(=O)Nc1ccc(C)c(S(=O)(=O)N2CCOCC2)c1)c1ccccc1.